The molecule has 0 bridgehead atoms. The summed E-state index contributed by atoms with van der Waals surface area (Å²) in [6.45, 7) is 4.75. The molecule has 0 unspecified atom stereocenters. The lowest BCUT2D eigenvalue weighted by Gasteiger charge is -2.28. The molecular formula is C23H22N2O. The minimum Gasteiger partial charge on any atom is -0.361 e. The van der Waals surface area contributed by atoms with Crippen molar-refractivity contribution in [2.45, 2.75) is 26.6 Å². The molecule has 3 heteroatoms. The van der Waals surface area contributed by atoms with Crippen LogP contribution in [-0.2, 0) is 6.54 Å². The average molecular weight is 342 g/mol. The number of rotatable bonds is 4. The highest BCUT2D eigenvalue weighted by atomic mass is 16.2. The Hall–Kier alpha value is -3.07. The molecule has 1 amide bonds. The third-order valence-electron chi connectivity index (χ3n) is 4.94. The molecule has 0 saturated heterocycles. The van der Waals surface area contributed by atoms with E-state index in [2.05, 4.69) is 49.5 Å². The normalized spacial score (nSPS) is 15.8. The summed E-state index contributed by atoms with van der Waals surface area (Å²) in [7, 11) is 0. The van der Waals surface area contributed by atoms with Crippen LogP contribution in [-0.4, -0.2) is 10.8 Å². The number of aryl methyl sites for hydroxylation is 2. The minimum atomic E-state index is -0.167. The number of nitrogens with zero attached hydrogens (tertiary/aromatic N) is 1. The Labute approximate surface area is 154 Å². The van der Waals surface area contributed by atoms with Crippen molar-refractivity contribution in [1.29, 1.82) is 0 Å². The molecule has 130 valence electrons. The van der Waals surface area contributed by atoms with Gasteiger partial charge in [0.2, 0.25) is 0 Å². The Kier molecular flexibility index (Phi) is 4.21. The Bertz CT molecular complexity index is 949. The molecular weight excluding hydrogens is 320 g/mol. The predicted molar refractivity (Wildman–Crippen MR) is 105 cm³/mol. The zero-order valence-corrected chi connectivity index (χ0v) is 15.1. The van der Waals surface area contributed by atoms with Gasteiger partial charge < -0.3 is 10.2 Å². The van der Waals surface area contributed by atoms with Crippen molar-refractivity contribution >= 4 is 11.6 Å². The SMILES string of the molecule is Cc1ccc(C)c(N[C@@H]2c3ccccc3C(=O)N2Cc2ccccc2)c1. The quantitative estimate of drug-likeness (QED) is 0.718. The summed E-state index contributed by atoms with van der Waals surface area (Å²) >= 11 is 0. The molecule has 1 atom stereocenters. The van der Waals surface area contributed by atoms with E-state index in [0.717, 1.165) is 22.4 Å². The fourth-order valence-corrected chi connectivity index (χ4v) is 3.51. The molecule has 3 aromatic carbocycles. The van der Waals surface area contributed by atoms with Crippen LogP contribution in [0.1, 0.15) is 38.8 Å². The molecule has 4 rings (SSSR count). The van der Waals surface area contributed by atoms with Crippen LogP contribution in [0.3, 0.4) is 0 Å². The van der Waals surface area contributed by atoms with Crippen molar-refractivity contribution in [2.24, 2.45) is 0 Å². The van der Waals surface area contributed by atoms with Gasteiger partial charge in [-0.2, -0.15) is 0 Å². The highest BCUT2D eigenvalue weighted by molar-refractivity contribution is 5.99. The molecule has 3 aromatic rings. The van der Waals surface area contributed by atoms with Gasteiger partial charge in [0.15, 0.2) is 0 Å². The van der Waals surface area contributed by atoms with E-state index >= 15 is 0 Å². The molecule has 0 aliphatic carbocycles. The number of hydrogen-bond donors (Lipinski definition) is 1. The predicted octanol–water partition coefficient (Wildman–Crippen LogP) is 5.07. The van der Waals surface area contributed by atoms with E-state index in [1.54, 1.807) is 0 Å². The van der Waals surface area contributed by atoms with Gasteiger partial charge >= 0.3 is 0 Å². The molecule has 0 spiro atoms. The van der Waals surface area contributed by atoms with Gasteiger partial charge in [0.25, 0.3) is 5.91 Å². The number of benzene rings is 3. The summed E-state index contributed by atoms with van der Waals surface area (Å²) in [5.74, 6) is 0.0762. The number of anilines is 1. The van der Waals surface area contributed by atoms with Crippen LogP contribution in [0.15, 0.2) is 72.8 Å². The summed E-state index contributed by atoms with van der Waals surface area (Å²) in [6, 6.07) is 24.4. The fraction of sp³-hybridized carbons (Fsp3) is 0.174. The van der Waals surface area contributed by atoms with Crippen molar-refractivity contribution in [2.75, 3.05) is 5.32 Å². The molecule has 0 saturated carbocycles. The average Bonchev–Trinajstić information content (AvgIpc) is 2.92. The molecule has 1 N–H and O–H groups in total. The molecule has 3 nitrogen and oxygen atoms in total. The standard InChI is InChI=1S/C23H22N2O/c1-16-12-13-17(2)21(14-16)24-22-19-10-6-7-11-20(19)23(26)25(22)15-18-8-4-3-5-9-18/h3-14,22,24H,15H2,1-2H3/t22-/m0/s1. The lowest BCUT2D eigenvalue weighted by atomic mass is 10.1. The van der Waals surface area contributed by atoms with E-state index in [1.807, 2.05) is 47.4 Å². The maximum Gasteiger partial charge on any atom is 0.256 e. The smallest absolute Gasteiger partial charge is 0.256 e. The first-order valence-corrected chi connectivity index (χ1v) is 8.91. The third kappa shape index (κ3) is 2.97. The van der Waals surface area contributed by atoms with Crippen LogP contribution in [0.4, 0.5) is 5.69 Å². The van der Waals surface area contributed by atoms with E-state index in [0.29, 0.717) is 6.54 Å². The Balaban J connectivity index is 1.72. The van der Waals surface area contributed by atoms with Gasteiger partial charge in [-0.3, -0.25) is 4.79 Å². The number of fused-ring (bicyclic) bond motifs is 1. The second kappa shape index (κ2) is 6.68. The van der Waals surface area contributed by atoms with Gasteiger partial charge in [0, 0.05) is 23.4 Å². The second-order valence-corrected chi connectivity index (χ2v) is 6.87. The fourth-order valence-electron chi connectivity index (χ4n) is 3.51. The molecule has 1 aliphatic rings. The van der Waals surface area contributed by atoms with E-state index in [1.165, 1.54) is 11.1 Å². The zero-order valence-electron chi connectivity index (χ0n) is 15.1. The highest BCUT2D eigenvalue weighted by Crippen LogP contribution is 2.36. The zero-order chi connectivity index (χ0) is 18.1. The van der Waals surface area contributed by atoms with Crippen molar-refractivity contribution in [1.82, 2.24) is 4.90 Å². The maximum atomic E-state index is 13.0. The summed E-state index contributed by atoms with van der Waals surface area (Å²) in [4.78, 5) is 15.0. The molecule has 0 radical (unpaired) electrons. The molecule has 1 aliphatic heterocycles. The van der Waals surface area contributed by atoms with Crippen molar-refractivity contribution in [3.05, 3.63) is 101 Å². The first kappa shape index (κ1) is 16.4. The van der Waals surface area contributed by atoms with Gasteiger partial charge in [-0.25, -0.2) is 0 Å². The van der Waals surface area contributed by atoms with Crippen LogP contribution in [0.2, 0.25) is 0 Å². The van der Waals surface area contributed by atoms with E-state index in [-0.39, 0.29) is 12.1 Å². The van der Waals surface area contributed by atoms with Crippen molar-refractivity contribution < 1.29 is 4.79 Å². The summed E-state index contributed by atoms with van der Waals surface area (Å²) in [6.07, 6.45) is -0.167. The lowest BCUT2D eigenvalue weighted by molar-refractivity contribution is 0.0728. The lowest BCUT2D eigenvalue weighted by Crippen LogP contribution is -2.32. The van der Waals surface area contributed by atoms with Gasteiger partial charge in [0.05, 0.1) is 0 Å². The first-order chi connectivity index (χ1) is 12.6. The monoisotopic (exact) mass is 342 g/mol. The van der Waals surface area contributed by atoms with Crippen molar-refractivity contribution in [3.63, 3.8) is 0 Å². The van der Waals surface area contributed by atoms with Gasteiger partial charge in [-0.15, -0.1) is 0 Å². The Morgan fingerprint density at radius 3 is 2.46 bits per heavy atom. The van der Waals surface area contributed by atoms with Crippen LogP contribution < -0.4 is 5.32 Å². The first-order valence-electron chi connectivity index (χ1n) is 8.91. The summed E-state index contributed by atoms with van der Waals surface area (Å²) in [5, 5.41) is 3.61. The van der Waals surface area contributed by atoms with Crippen LogP contribution in [0.5, 0.6) is 0 Å². The maximum absolute atomic E-state index is 13.0. The van der Waals surface area contributed by atoms with Gasteiger partial charge in [-0.1, -0.05) is 60.7 Å². The third-order valence-corrected chi connectivity index (χ3v) is 4.94. The highest BCUT2D eigenvalue weighted by Gasteiger charge is 2.36. The van der Waals surface area contributed by atoms with Gasteiger partial charge in [0.1, 0.15) is 6.17 Å². The van der Waals surface area contributed by atoms with Crippen LogP contribution in [0.25, 0.3) is 0 Å². The van der Waals surface area contributed by atoms with Crippen molar-refractivity contribution in [3.8, 4) is 0 Å². The number of amides is 1. The van der Waals surface area contributed by atoms with Crippen LogP contribution in [0, 0.1) is 13.8 Å². The number of nitrogens with one attached hydrogen (secondary N) is 1. The largest absolute Gasteiger partial charge is 0.361 e. The molecule has 0 aromatic heterocycles. The van der Waals surface area contributed by atoms with Crippen LogP contribution >= 0.6 is 0 Å². The second-order valence-electron chi connectivity index (χ2n) is 6.87. The Morgan fingerprint density at radius 1 is 0.923 bits per heavy atom. The van der Waals surface area contributed by atoms with E-state index in [4.69, 9.17) is 0 Å². The topological polar surface area (TPSA) is 32.3 Å². The molecule has 1 heterocycles. The minimum absolute atomic E-state index is 0.0762. The summed E-state index contributed by atoms with van der Waals surface area (Å²) < 4.78 is 0. The van der Waals surface area contributed by atoms with E-state index in [9.17, 15) is 4.79 Å². The molecule has 0 fully saturated rings. The number of carbonyl (C=O) groups excluding carboxylic acids is 1. The number of hydrogen-bond acceptors (Lipinski definition) is 2. The Morgan fingerprint density at radius 2 is 1.65 bits per heavy atom. The molecule has 26 heavy (non-hydrogen) atoms. The number of carbonyl (C=O) groups is 1. The van der Waals surface area contributed by atoms with E-state index < -0.39 is 0 Å². The van der Waals surface area contributed by atoms with Gasteiger partial charge in [-0.05, 0) is 42.7 Å². The summed E-state index contributed by atoms with van der Waals surface area (Å²) in [5.41, 5.74) is 6.39.